The van der Waals surface area contributed by atoms with Crippen molar-refractivity contribution < 1.29 is 0 Å². The lowest BCUT2D eigenvalue weighted by Gasteiger charge is -2.00. The maximum absolute atomic E-state index is 8.38. The summed E-state index contributed by atoms with van der Waals surface area (Å²) in [7, 11) is 0. The number of nitrogens with zero attached hydrogens (tertiary/aromatic N) is 5. The Hall–Kier alpha value is -1.44. The fourth-order valence-corrected chi connectivity index (χ4v) is 0.805. The lowest BCUT2D eigenvalue weighted by Crippen LogP contribution is -2.05. The fraction of sp³-hybridized carbons (Fsp3) is 0.667. The van der Waals surface area contributed by atoms with Gasteiger partial charge in [0.15, 0.2) is 5.82 Å². The summed E-state index contributed by atoms with van der Waals surface area (Å²) in [5.41, 5.74) is 0. The van der Waals surface area contributed by atoms with E-state index in [9.17, 15) is 0 Å². The molecule has 0 aliphatic carbocycles. The minimum atomic E-state index is 0.223. The van der Waals surface area contributed by atoms with Gasteiger partial charge >= 0.3 is 0 Å². The van der Waals surface area contributed by atoms with Crippen LogP contribution in [0.4, 0.5) is 0 Å². The molecule has 5 heteroatoms. The van der Waals surface area contributed by atoms with Crippen molar-refractivity contribution in [3.8, 4) is 6.07 Å². The molecule has 58 valence electrons. The Bertz CT molecular complexity index is 269. The Morgan fingerprint density at radius 2 is 2.36 bits per heavy atom. The molecule has 11 heavy (non-hydrogen) atoms. The third-order valence-electron chi connectivity index (χ3n) is 1.30. The van der Waals surface area contributed by atoms with E-state index >= 15 is 0 Å². The minimum absolute atomic E-state index is 0.223. The second-order valence-corrected chi connectivity index (χ2v) is 2.51. The normalized spacial score (nSPS) is 10.0. The molecular weight excluding hydrogens is 142 g/mol. The van der Waals surface area contributed by atoms with Crippen molar-refractivity contribution in [2.45, 2.75) is 26.3 Å². The third kappa shape index (κ3) is 1.52. The average Bonchev–Trinajstić information content (AvgIpc) is 2.36. The molecule has 0 aliphatic rings. The van der Waals surface area contributed by atoms with Crippen LogP contribution >= 0.6 is 0 Å². The first kappa shape index (κ1) is 7.66. The molecule has 1 heterocycles. The van der Waals surface area contributed by atoms with Crippen molar-refractivity contribution in [2.24, 2.45) is 0 Å². The highest BCUT2D eigenvalue weighted by Crippen LogP contribution is 2.07. The topological polar surface area (TPSA) is 67.4 Å². The second-order valence-electron chi connectivity index (χ2n) is 2.51. The highest BCUT2D eigenvalue weighted by atomic mass is 15.5. The van der Waals surface area contributed by atoms with Crippen LogP contribution in [0.3, 0.4) is 0 Å². The van der Waals surface area contributed by atoms with E-state index in [0.29, 0.717) is 0 Å². The van der Waals surface area contributed by atoms with Crippen molar-refractivity contribution in [3.63, 3.8) is 0 Å². The van der Waals surface area contributed by atoms with Crippen LogP contribution in [0.2, 0.25) is 0 Å². The summed E-state index contributed by atoms with van der Waals surface area (Å²) in [5.74, 6) is 1.02. The van der Waals surface area contributed by atoms with Crippen molar-refractivity contribution >= 4 is 0 Å². The number of nitriles is 1. The first-order valence-electron chi connectivity index (χ1n) is 3.38. The van der Waals surface area contributed by atoms with Gasteiger partial charge in [0, 0.05) is 5.92 Å². The highest BCUT2D eigenvalue weighted by Gasteiger charge is 2.08. The molecule has 0 fully saturated rings. The van der Waals surface area contributed by atoms with Crippen LogP contribution in [0.15, 0.2) is 0 Å². The Kier molecular flexibility index (Phi) is 2.16. The molecule has 0 atom stereocenters. The molecule has 1 aromatic heterocycles. The molecule has 0 unspecified atom stereocenters. The van der Waals surface area contributed by atoms with Gasteiger partial charge in [-0.3, -0.25) is 0 Å². The van der Waals surface area contributed by atoms with E-state index in [0.717, 1.165) is 5.82 Å². The van der Waals surface area contributed by atoms with Gasteiger partial charge in [-0.05, 0) is 10.4 Å². The van der Waals surface area contributed by atoms with Gasteiger partial charge in [0.2, 0.25) is 0 Å². The lowest BCUT2D eigenvalue weighted by atomic mass is 10.2. The van der Waals surface area contributed by atoms with Crippen molar-refractivity contribution in [1.82, 2.24) is 20.2 Å². The van der Waals surface area contributed by atoms with Crippen LogP contribution in [-0.2, 0) is 6.54 Å². The van der Waals surface area contributed by atoms with Gasteiger partial charge in [-0.25, -0.2) is 4.68 Å². The van der Waals surface area contributed by atoms with Gasteiger partial charge in [-0.15, -0.1) is 5.10 Å². The van der Waals surface area contributed by atoms with E-state index in [-0.39, 0.29) is 12.5 Å². The molecule has 0 aliphatic heterocycles. The molecule has 0 spiro atoms. The predicted molar refractivity (Wildman–Crippen MR) is 37.5 cm³/mol. The van der Waals surface area contributed by atoms with Crippen LogP contribution in [-0.4, -0.2) is 20.2 Å². The largest absolute Gasteiger partial charge is 0.215 e. The summed E-state index contributed by atoms with van der Waals surface area (Å²) in [4.78, 5) is 0. The van der Waals surface area contributed by atoms with Crippen LogP contribution < -0.4 is 0 Å². The van der Waals surface area contributed by atoms with Gasteiger partial charge in [-0.1, -0.05) is 13.8 Å². The summed E-state index contributed by atoms with van der Waals surface area (Å²) in [6.45, 7) is 4.19. The monoisotopic (exact) mass is 151 g/mol. The van der Waals surface area contributed by atoms with E-state index < -0.39 is 0 Å². The number of rotatable bonds is 2. The quantitative estimate of drug-likeness (QED) is 0.610. The minimum Gasteiger partial charge on any atom is -0.215 e. The van der Waals surface area contributed by atoms with Crippen LogP contribution in [0, 0.1) is 11.3 Å². The van der Waals surface area contributed by atoms with Crippen molar-refractivity contribution in [2.75, 3.05) is 0 Å². The maximum Gasteiger partial charge on any atom is 0.155 e. The molecule has 0 N–H and O–H groups in total. The van der Waals surface area contributed by atoms with Gasteiger partial charge in [0.1, 0.15) is 6.54 Å². The predicted octanol–water partition coefficient (Wildman–Crippen LogP) is 0.320. The molecule has 5 nitrogen and oxygen atoms in total. The van der Waals surface area contributed by atoms with Crippen LogP contribution in [0.5, 0.6) is 0 Å². The standard InChI is InChI=1S/C6H9N5/c1-5(2)6-8-9-10-11(6)4-3-7/h5H,4H2,1-2H3. The molecule has 0 saturated carbocycles. The Morgan fingerprint density at radius 3 is 2.91 bits per heavy atom. The molecule has 0 amide bonds. The molecule has 1 aromatic rings. The van der Waals surface area contributed by atoms with Crippen LogP contribution in [0.1, 0.15) is 25.6 Å². The number of aromatic nitrogens is 4. The smallest absolute Gasteiger partial charge is 0.155 e. The van der Waals surface area contributed by atoms with Gasteiger partial charge in [-0.2, -0.15) is 5.26 Å². The zero-order valence-electron chi connectivity index (χ0n) is 6.52. The van der Waals surface area contributed by atoms with Gasteiger partial charge in [0.25, 0.3) is 0 Å². The zero-order chi connectivity index (χ0) is 8.27. The number of hydrogen-bond donors (Lipinski definition) is 0. The summed E-state index contributed by atoms with van der Waals surface area (Å²) in [5, 5.41) is 19.3. The Morgan fingerprint density at radius 1 is 1.64 bits per heavy atom. The number of tetrazole rings is 1. The molecule has 0 bridgehead atoms. The van der Waals surface area contributed by atoms with Gasteiger partial charge in [0.05, 0.1) is 6.07 Å². The lowest BCUT2D eigenvalue weighted by molar-refractivity contribution is 0.610. The summed E-state index contributed by atoms with van der Waals surface area (Å²) >= 11 is 0. The Balaban J connectivity index is 2.89. The van der Waals surface area contributed by atoms with E-state index in [2.05, 4.69) is 15.5 Å². The maximum atomic E-state index is 8.38. The molecule has 0 aromatic carbocycles. The fourth-order valence-electron chi connectivity index (χ4n) is 0.805. The molecular formula is C6H9N5. The molecule has 0 saturated heterocycles. The van der Waals surface area contributed by atoms with Crippen LogP contribution in [0.25, 0.3) is 0 Å². The van der Waals surface area contributed by atoms with E-state index in [4.69, 9.17) is 5.26 Å². The summed E-state index contributed by atoms with van der Waals surface area (Å²) in [6.07, 6.45) is 0. The van der Waals surface area contributed by atoms with Crippen molar-refractivity contribution in [3.05, 3.63) is 5.82 Å². The highest BCUT2D eigenvalue weighted by molar-refractivity contribution is 4.90. The Labute approximate surface area is 64.6 Å². The number of hydrogen-bond acceptors (Lipinski definition) is 4. The van der Waals surface area contributed by atoms with E-state index in [1.54, 1.807) is 0 Å². The van der Waals surface area contributed by atoms with E-state index in [1.165, 1.54) is 4.68 Å². The third-order valence-corrected chi connectivity index (χ3v) is 1.30. The van der Waals surface area contributed by atoms with Gasteiger partial charge < -0.3 is 0 Å². The first-order valence-corrected chi connectivity index (χ1v) is 3.38. The average molecular weight is 151 g/mol. The first-order chi connectivity index (χ1) is 5.25. The summed E-state index contributed by atoms with van der Waals surface area (Å²) < 4.78 is 1.50. The SMILES string of the molecule is CC(C)c1nnnn1CC#N. The molecule has 0 radical (unpaired) electrons. The van der Waals surface area contributed by atoms with E-state index in [1.807, 2.05) is 19.9 Å². The molecule has 1 rings (SSSR count). The zero-order valence-corrected chi connectivity index (χ0v) is 6.52. The van der Waals surface area contributed by atoms with Crippen molar-refractivity contribution in [1.29, 1.82) is 5.26 Å². The second kappa shape index (κ2) is 3.10. The summed E-state index contributed by atoms with van der Waals surface area (Å²) in [6, 6.07) is 1.99.